The predicted molar refractivity (Wildman–Crippen MR) is 76.3 cm³/mol. The molecule has 0 bridgehead atoms. The number of hydrogen-bond acceptors (Lipinski definition) is 2. The Morgan fingerprint density at radius 3 is 2.84 bits per heavy atom. The van der Waals surface area contributed by atoms with Gasteiger partial charge in [-0.05, 0) is 30.7 Å². The van der Waals surface area contributed by atoms with E-state index in [1.807, 2.05) is 0 Å². The predicted octanol–water partition coefficient (Wildman–Crippen LogP) is 2.35. The van der Waals surface area contributed by atoms with Gasteiger partial charge in [0.05, 0.1) is 12.6 Å². The summed E-state index contributed by atoms with van der Waals surface area (Å²) < 4.78 is 0. The second kappa shape index (κ2) is 7.90. The molecule has 0 heterocycles. The Hall–Kier alpha value is -1.41. The summed E-state index contributed by atoms with van der Waals surface area (Å²) in [5, 5.41) is 14.8. The molecule has 1 atom stereocenters. The van der Waals surface area contributed by atoms with E-state index in [-0.39, 0.29) is 25.2 Å². The molecule has 0 aromatic heterocycles. The number of benzene rings is 1. The van der Waals surface area contributed by atoms with Gasteiger partial charge in [0, 0.05) is 10.0 Å². The summed E-state index contributed by atoms with van der Waals surface area (Å²) >= 11 is 11.9. The third-order valence-electron chi connectivity index (χ3n) is 2.31. The van der Waals surface area contributed by atoms with Crippen LogP contribution in [0.1, 0.15) is 18.5 Å². The largest absolute Gasteiger partial charge is 0.384 e. The minimum Gasteiger partial charge on any atom is -0.384 e. The summed E-state index contributed by atoms with van der Waals surface area (Å²) in [6.07, 6.45) is 0. The van der Waals surface area contributed by atoms with Crippen molar-refractivity contribution in [2.24, 2.45) is 0 Å². The first-order valence-corrected chi connectivity index (χ1v) is 6.36. The Kier molecular flexibility index (Phi) is 6.51. The minimum atomic E-state index is -0.365. The number of rotatable bonds is 3. The van der Waals surface area contributed by atoms with Crippen molar-refractivity contribution in [3.63, 3.8) is 0 Å². The minimum absolute atomic E-state index is 0.169. The highest BCUT2D eigenvalue weighted by Gasteiger charge is 2.12. The van der Waals surface area contributed by atoms with E-state index < -0.39 is 0 Å². The lowest BCUT2D eigenvalue weighted by molar-refractivity contribution is 0.239. The third kappa shape index (κ3) is 5.39. The Balaban J connectivity index is 2.56. The molecule has 0 saturated heterocycles. The molecule has 0 unspecified atom stereocenters. The van der Waals surface area contributed by atoms with E-state index in [0.29, 0.717) is 10.0 Å². The van der Waals surface area contributed by atoms with E-state index >= 15 is 0 Å². The highest BCUT2D eigenvalue weighted by atomic mass is 35.5. The van der Waals surface area contributed by atoms with Gasteiger partial charge in [-0.1, -0.05) is 35.0 Å². The highest BCUT2D eigenvalue weighted by molar-refractivity contribution is 6.33. The molecule has 19 heavy (non-hydrogen) atoms. The molecule has 6 heteroatoms. The van der Waals surface area contributed by atoms with Crippen molar-refractivity contribution in [3.8, 4) is 11.8 Å². The maximum absolute atomic E-state index is 11.6. The van der Waals surface area contributed by atoms with Crippen molar-refractivity contribution < 1.29 is 9.90 Å². The second-order valence-corrected chi connectivity index (χ2v) is 4.57. The quantitative estimate of drug-likeness (QED) is 0.751. The average Bonchev–Trinajstić information content (AvgIpc) is 2.37. The zero-order valence-corrected chi connectivity index (χ0v) is 11.8. The second-order valence-electron chi connectivity index (χ2n) is 3.73. The highest BCUT2D eigenvalue weighted by Crippen LogP contribution is 2.25. The van der Waals surface area contributed by atoms with Gasteiger partial charge in [0.15, 0.2) is 0 Å². The van der Waals surface area contributed by atoms with Gasteiger partial charge in [-0.15, -0.1) is 0 Å². The molecule has 1 rings (SSSR count). The van der Waals surface area contributed by atoms with Crippen molar-refractivity contribution in [3.05, 3.63) is 33.8 Å². The Morgan fingerprint density at radius 1 is 1.42 bits per heavy atom. The van der Waals surface area contributed by atoms with Crippen molar-refractivity contribution in [1.82, 2.24) is 10.6 Å². The van der Waals surface area contributed by atoms with Gasteiger partial charge < -0.3 is 15.7 Å². The fourth-order valence-corrected chi connectivity index (χ4v) is 1.88. The van der Waals surface area contributed by atoms with Gasteiger partial charge in [0.2, 0.25) is 0 Å². The molecule has 0 saturated carbocycles. The van der Waals surface area contributed by atoms with E-state index in [4.69, 9.17) is 28.3 Å². The first kappa shape index (κ1) is 15.6. The zero-order chi connectivity index (χ0) is 14.3. The molecule has 4 nitrogen and oxygen atoms in total. The average molecular weight is 301 g/mol. The number of hydrogen-bond donors (Lipinski definition) is 3. The topological polar surface area (TPSA) is 61.4 Å². The van der Waals surface area contributed by atoms with Gasteiger partial charge in [-0.3, -0.25) is 0 Å². The maximum Gasteiger partial charge on any atom is 0.316 e. The van der Waals surface area contributed by atoms with Crippen molar-refractivity contribution in [1.29, 1.82) is 0 Å². The van der Waals surface area contributed by atoms with E-state index in [2.05, 4.69) is 22.5 Å². The van der Waals surface area contributed by atoms with Crippen molar-refractivity contribution >= 4 is 29.2 Å². The fraction of sp³-hybridized carbons (Fsp3) is 0.308. The molecule has 3 N–H and O–H groups in total. The smallest absolute Gasteiger partial charge is 0.316 e. The summed E-state index contributed by atoms with van der Waals surface area (Å²) in [6, 6.07) is 4.43. The van der Waals surface area contributed by atoms with Crippen LogP contribution in [0.2, 0.25) is 10.0 Å². The third-order valence-corrected chi connectivity index (χ3v) is 2.89. The van der Waals surface area contributed by atoms with Gasteiger partial charge in [0.1, 0.15) is 6.61 Å². The monoisotopic (exact) mass is 300 g/mol. The van der Waals surface area contributed by atoms with E-state index in [1.165, 1.54) is 0 Å². The van der Waals surface area contributed by atoms with Crippen LogP contribution in [0.4, 0.5) is 4.79 Å². The van der Waals surface area contributed by atoms with Gasteiger partial charge >= 0.3 is 6.03 Å². The van der Waals surface area contributed by atoms with Gasteiger partial charge in [-0.2, -0.15) is 0 Å². The van der Waals surface area contributed by atoms with Crippen LogP contribution >= 0.6 is 23.2 Å². The zero-order valence-electron chi connectivity index (χ0n) is 10.3. The number of halogens is 2. The number of amides is 2. The Bertz CT molecular complexity index is 509. The SMILES string of the molecule is C[C@@H](NC(=O)NCC#CCO)c1cc(Cl)ccc1Cl. The number of nitrogens with one attached hydrogen (secondary N) is 2. The van der Waals surface area contributed by atoms with E-state index in [0.717, 1.165) is 5.56 Å². The maximum atomic E-state index is 11.6. The normalized spacial score (nSPS) is 11.2. The van der Waals surface area contributed by atoms with Crippen LogP contribution in [-0.4, -0.2) is 24.3 Å². The first-order valence-electron chi connectivity index (χ1n) is 5.60. The summed E-state index contributed by atoms with van der Waals surface area (Å²) in [5.74, 6) is 5.01. The molecule has 1 aromatic carbocycles. The van der Waals surface area contributed by atoms with Crippen LogP contribution in [0.3, 0.4) is 0 Å². The molecule has 0 radical (unpaired) electrons. The molecule has 0 aliphatic heterocycles. The molecule has 102 valence electrons. The van der Waals surface area contributed by atoms with Gasteiger partial charge in [0.25, 0.3) is 0 Å². The fourth-order valence-electron chi connectivity index (χ4n) is 1.41. The molecule has 0 spiro atoms. The van der Waals surface area contributed by atoms with Crippen LogP contribution in [0.5, 0.6) is 0 Å². The summed E-state index contributed by atoms with van der Waals surface area (Å²) in [7, 11) is 0. The Labute approximate surface area is 122 Å². The van der Waals surface area contributed by atoms with Gasteiger partial charge in [-0.25, -0.2) is 4.79 Å². The van der Waals surface area contributed by atoms with Crippen LogP contribution in [-0.2, 0) is 0 Å². The van der Waals surface area contributed by atoms with Crippen molar-refractivity contribution in [2.45, 2.75) is 13.0 Å². The lowest BCUT2D eigenvalue weighted by Crippen LogP contribution is -2.37. The van der Waals surface area contributed by atoms with Crippen LogP contribution in [0, 0.1) is 11.8 Å². The lowest BCUT2D eigenvalue weighted by atomic mass is 10.1. The van der Waals surface area contributed by atoms with E-state index in [9.17, 15) is 4.79 Å². The van der Waals surface area contributed by atoms with Crippen LogP contribution < -0.4 is 10.6 Å². The molecule has 0 aliphatic rings. The van der Waals surface area contributed by atoms with E-state index in [1.54, 1.807) is 25.1 Å². The summed E-state index contributed by atoms with van der Waals surface area (Å²) in [4.78, 5) is 11.6. The lowest BCUT2D eigenvalue weighted by Gasteiger charge is -2.16. The van der Waals surface area contributed by atoms with Crippen LogP contribution in [0.15, 0.2) is 18.2 Å². The number of aliphatic hydroxyl groups excluding tert-OH is 1. The molecular formula is C13H14Cl2N2O2. The number of carbonyl (C=O) groups is 1. The number of carbonyl (C=O) groups excluding carboxylic acids is 1. The standard InChI is InChI=1S/C13H14Cl2N2O2/c1-9(11-8-10(14)4-5-12(11)15)17-13(19)16-6-2-3-7-18/h4-5,8-9,18H,6-7H2,1H3,(H2,16,17,19)/t9-/m1/s1. The number of urea groups is 1. The first-order chi connectivity index (χ1) is 9.04. The molecule has 2 amide bonds. The summed E-state index contributed by atoms with van der Waals surface area (Å²) in [5.41, 5.74) is 0.741. The molecule has 0 aliphatic carbocycles. The van der Waals surface area contributed by atoms with Crippen molar-refractivity contribution in [2.75, 3.05) is 13.2 Å². The summed E-state index contributed by atoms with van der Waals surface area (Å²) in [6.45, 7) is 1.75. The number of aliphatic hydroxyl groups is 1. The molecular weight excluding hydrogens is 287 g/mol. The molecule has 0 fully saturated rings. The Morgan fingerprint density at radius 2 is 2.16 bits per heavy atom. The molecule has 1 aromatic rings. The van der Waals surface area contributed by atoms with Crippen LogP contribution in [0.25, 0.3) is 0 Å².